The molecule has 2 aromatic heterocycles. The summed E-state index contributed by atoms with van der Waals surface area (Å²) in [6.45, 7) is 4.89. The maximum atomic E-state index is 6.15. The molecule has 0 aliphatic carbocycles. The van der Waals surface area contributed by atoms with Gasteiger partial charge in [-0.1, -0.05) is 30.7 Å². The molecule has 0 saturated carbocycles. The van der Waals surface area contributed by atoms with Gasteiger partial charge in [0.15, 0.2) is 11.3 Å². The fourth-order valence-corrected chi connectivity index (χ4v) is 2.38. The Balaban J connectivity index is 2.05. The van der Waals surface area contributed by atoms with E-state index in [1.165, 1.54) is 0 Å². The van der Waals surface area contributed by atoms with E-state index >= 15 is 0 Å². The smallest absolute Gasteiger partial charge is 0.223 e. The number of aromatic nitrogens is 2. The van der Waals surface area contributed by atoms with E-state index in [1.807, 2.05) is 37.3 Å². The zero-order valence-corrected chi connectivity index (χ0v) is 12.7. The van der Waals surface area contributed by atoms with Gasteiger partial charge in [-0.3, -0.25) is 0 Å². The molecule has 5 heteroatoms. The summed E-state index contributed by atoms with van der Waals surface area (Å²) < 4.78 is 5.85. The summed E-state index contributed by atoms with van der Waals surface area (Å²) in [5.74, 6) is 1.32. The summed E-state index contributed by atoms with van der Waals surface area (Å²) in [5, 5.41) is 4.78. The maximum Gasteiger partial charge on any atom is 0.223 e. The van der Waals surface area contributed by atoms with E-state index in [1.54, 1.807) is 0 Å². The fraction of sp³-hybridized carbons (Fsp3) is 0.250. The Morgan fingerprint density at radius 2 is 2.10 bits per heavy atom. The number of furan rings is 1. The minimum absolute atomic E-state index is 0.605. The Morgan fingerprint density at radius 1 is 1.24 bits per heavy atom. The summed E-state index contributed by atoms with van der Waals surface area (Å²) in [4.78, 5) is 8.89. The number of fused-ring (bicyclic) bond motifs is 1. The molecule has 0 unspecified atom stereocenters. The number of nitrogens with zero attached hydrogens (tertiary/aromatic N) is 2. The molecular formula is C16H16ClN3O. The molecule has 0 saturated heterocycles. The van der Waals surface area contributed by atoms with Crippen LogP contribution in [-0.4, -0.2) is 16.5 Å². The molecular weight excluding hydrogens is 286 g/mol. The molecule has 0 atom stereocenters. The monoisotopic (exact) mass is 301 g/mol. The normalized spacial score (nSPS) is 11.0. The lowest BCUT2D eigenvalue weighted by Crippen LogP contribution is -2.05. The van der Waals surface area contributed by atoms with Crippen molar-refractivity contribution in [1.82, 2.24) is 9.97 Å². The molecule has 0 spiro atoms. The number of rotatable bonds is 4. The summed E-state index contributed by atoms with van der Waals surface area (Å²) >= 11 is 6.15. The molecule has 108 valence electrons. The first kappa shape index (κ1) is 13.9. The van der Waals surface area contributed by atoms with Gasteiger partial charge in [-0.15, -0.1) is 0 Å². The minimum Gasteiger partial charge on any atom is -0.453 e. The van der Waals surface area contributed by atoms with E-state index in [2.05, 4.69) is 22.2 Å². The van der Waals surface area contributed by atoms with Crippen molar-refractivity contribution in [3.63, 3.8) is 0 Å². The van der Waals surface area contributed by atoms with Gasteiger partial charge in [0.1, 0.15) is 5.69 Å². The number of aryl methyl sites for hydroxylation is 1. The second-order valence-corrected chi connectivity index (χ2v) is 5.32. The summed E-state index contributed by atoms with van der Waals surface area (Å²) in [5.41, 5.74) is 2.34. The molecule has 0 aliphatic heterocycles. The minimum atomic E-state index is 0.605. The van der Waals surface area contributed by atoms with Crippen LogP contribution in [0.1, 0.15) is 19.0 Å². The zero-order valence-electron chi connectivity index (χ0n) is 12.0. The molecule has 21 heavy (non-hydrogen) atoms. The Labute approximate surface area is 128 Å². The highest BCUT2D eigenvalue weighted by molar-refractivity contribution is 6.34. The molecule has 0 radical (unpaired) electrons. The van der Waals surface area contributed by atoms with Crippen molar-refractivity contribution in [2.75, 3.05) is 11.9 Å². The van der Waals surface area contributed by atoms with E-state index in [9.17, 15) is 0 Å². The van der Waals surface area contributed by atoms with Crippen LogP contribution in [0.3, 0.4) is 0 Å². The van der Waals surface area contributed by atoms with E-state index in [-0.39, 0.29) is 0 Å². The number of benzene rings is 1. The number of anilines is 1. The van der Waals surface area contributed by atoms with Crippen LogP contribution in [-0.2, 0) is 0 Å². The Hall–Kier alpha value is -2.07. The van der Waals surface area contributed by atoms with Crippen molar-refractivity contribution in [3.8, 4) is 11.5 Å². The van der Waals surface area contributed by atoms with Crippen molar-refractivity contribution in [1.29, 1.82) is 0 Å². The molecule has 0 fully saturated rings. The third-order valence-electron chi connectivity index (χ3n) is 3.14. The highest BCUT2D eigenvalue weighted by Crippen LogP contribution is 2.31. The average Bonchev–Trinajstić information content (AvgIpc) is 2.90. The predicted octanol–water partition coefficient (Wildman–Crippen LogP) is 4.67. The molecule has 0 aliphatic rings. The number of halogens is 1. The Kier molecular flexibility index (Phi) is 3.80. The highest BCUT2D eigenvalue weighted by Gasteiger charge is 2.11. The Bertz CT molecular complexity index is 782. The largest absolute Gasteiger partial charge is 0.453 e. The van der Waals surface area contributed by atoms with Gasteiger partial charge in [0.05, 0.1) is 5.02 Å². The van der Waals surface area contributed by atoms with Gasteiger partial charge in [-0.05, 0) is 31.5 Å². The number of hydrogen-bond acceptors (Lipinski definition) is 4. The maximum absolute atomic E-state index is 6.15. The molecule has 3 rings (SSSR count). The van der Waals surface area contributed by atoms with Crippen LogP contribution >= 0.6 is 11.6 Å². The standard InChI is InChI=1S/C16H16ClN3O/c1-3-7-18-16-19-10(2)8-13(20-16)14-9-11-5-4-6-12(17)15(11)21-14/h4-6,8-9H,3,7H2,1-2H3,(H,18,19,20). The molecule has 4 nitrogen and oxygen atoms in total. The van der Waals surface area contributed by atoms with E-state index in [0.717, 1.165) is 29.7 Å². The average molecular weight is 302 g/mol. The summed E-state index contributed by atoms with van der Waals surface area (Å²) in [6.07, 6.45) is 1.02. The van der Waals surface area contributed by atoms with Gasteiger partial charge in [0.2, 0.25) is 5.95 Å². The van der Waals surface area contributed by atoms with Crippen molar-refractivity contribution >= 4 is 28.5 Å². The van der Waals surface area contributed by atoms with Gasteiger partial charge in [-0.25, -0.2) is 9.97 Å². The third-order valence-corrected chi connectivity index (χ3v) is 3.43. The number of para-hydroxylation sites is 1. The predicted molar refractivity (Wildman–Crippen MR) is 85.8 cm³/mol. The molecule has 3 aromatic rings. The Morgan fingerprint density at radius 3 is 2.86 bits per heavy atom. The van der Waals surface area contributed by atoms with Gasteiger partial charge in [0, 0.05) is 17.6 Å². The van der Waals surface area contributed by atoms with Crippen molar-refractivity contribution in [2.45, 2.75) is 20.3 Å². The van der Waals surface area contributed by atoms with Crippen molar-refractivity contribution in [3.05, 3.63) is 41.0 Å². The summed E-state index contributed by atoms with van der Waals surface area (Å²) in [7, 11) is 0. The number of hydrogen-bond donors (Lipinski definition) is 1. The van der Waals surface area contributed by atoms with Crippen molar-refractivity contribution < 1.29 is 4.42 Å². The topological polar surface area (TPSA) is 51.0 Å². The van der Waals surface area contributed by atoms with Crippen molar-refractivity contribution in [2.24, 2.45) is 0 Å². The van der Waals surface area contributed by atoms with Gasteiger partial charge in [-0.2, -0.15) is 0 Å². The van der Waals surface area contributed by atoms with Crippen LogP contribution in [0.2, 0.25) is 5.02 Å². The lowest BCUT2D eigenvalue weighted by molar-refractivity contribution is 0.628. The van der Waals surface area contributed by atoms with E-state index < -0.39 is 0 Å². The zero-order chi connectivity index (χ0) is 14.8. The van der Waals surface area contributed by atoms with Gasteiger partial charge in [0.25, 0.3) is 0 Å². The first-order chi connectivity index (χ1) is 10.2. The first-order valence-electron chi connectivity index (χ1n) is 6.95. The third kappa shape index (κ3) is 2.85. The van der Waals surface area contributed by atoms with Gasteiger partial charge < -0.3 is 9.73 Å². The first-order valence-corrected chi connectivity index (χ1v) is 7.33. The molecule has 1 N–H and O–H groups in total. The van der Waals surface area contributed by atoms with E-state index in [4.69, 9.17) is 16.0 Å². The van der Waals surface area contributed by atoms with Crippen LogP contribution in [0.15, 0.2) is 34.7 Å². The van der Waals surface area contributed by atoms with Crippen LogP contribution in [0, 0.1) is 6.92 Å². The lowest BCUT2D eigenvalue weighted by atomic mass is 10.2. The molecule has 0 amide bonds. The second kappa shape index (κ2) is 5.74. The van der Waals surface area contributed by atoms with Crippen LogP contribution in [0.25, 0.3) is 22.4 Å². The van der Waals surface area contributed by atoms with Crippen LogP contribution in [0.5, 0.6) is 0 Å². The molecule has 2 heterocycles. The second-order valence-electron chi connectivity index (χ2n) is 4.91. The fourth-order valence-electron chi connectivity index (χ4n) is 2.16. The highest BCUT2D eigenvalue weighted by atomic mass is 35.5. The van der Waals surface area contributed by atoms with Crippen LogP contribution < -0.4 is 5.32 Å². The van der Waals surface area contributed by atoms with E-state index in [0.29, 0.717) is 22.3 Å². The van der Waals surface area contributed by atoms with Crippen LogP contribution in [0.4, 0.5) is 5.95 Å². The number of nitrogens with one attached hydrogen (secondary N) is 1. The molecule has 1 aromatic carbocycles. The quantitative estimate of drug-likeness (QED) is 0.760. The lowest BCUT2D eigenvalue weighted by Gasteiger charge is -2.05. The molecule has 0 bridgehead atoms. The summed E-state index contributed by atoms with van der Waals surface area (Å²) in [6, 6.07) is 9.55. The SMILES string of the molecule is CCCNc1nc(C)cc(-c2cc3cccc(Cl)c3o2)n1. The van der Waals surface area contributed by atoms with Gasteiger partial charge >= 0.3 is 0 Å².